The number of hydrogen-bond donors (Lipinski definition) is 1. The fourth-order valence-electron chi connectivity index (χ4n) is 1.79. The third-order valence-corrected chi connectivity index (χ3v) is 2.63. The number of rotatable bonds is 4. The summed E-state index contributed by atoms with van der Waals surface area (Å²) in [6.45, 7) is 0. The number of carbonyl (C=O) groups excluding carboxylic acids is 1. The molecule has 0 saturated heterocycles. The van der Waals surface area contributed by atoms with Crippen molar-refractivity contribution < 1.29 is 14.3 Å². The summed E-state index contributed by atoms with van der Waals surface area (Å²) >= 11 is 0. The molecule has 1 N–H and O–H groups in total. The summed E-state index contributed by atoms with van der Waals surface area (Å²) in [5.74, 6) is -0.117. The van der Waals surface area contributed by atoms with Gasteiger partial charge in [-0.15, -0.1) is 0 Å². The molecule has 0 saturated carbocycles. The van der Waals surface area contributed by atoms with E-state index in [-0.39, 0.29) is 30.2 Å². The summed E-state index contributed by atoms with van der Waals surface area (Å²) in [6, 6.07) is 12.5. The van der Waals surface area contributed by atoms with E-state index >= 15 is 0 Å². The van der Waals surface area contributed by atoms with Gasteiger partial charge in [0.25, 0.3) is 0 Å². The van der Waals surface area contributed by atoms with Gasteiger partial charge in [0.2, 0.25) is 0 Å². The van der Waals surface area contributed by atoms with Crippen LogP contribution in [0.2, 0.25) is 0 Å². The van der Waals surface area contributed by atoms with Gasteiger partial charge in [-0.05, 0) is 35.4 Å². The highest BCUT2D eigenvalue weighted by atomic mass is 19.1. The molecule has 2 rings (SSSR count). The molecule has 18 heavy (non-hydrogen) atoms. The minimum atomic E-state index is -0.306. The van der Waals surface area contributed by atoms with Crippen LogP contribution in [0.5, 0.6) is 5.75 Å². The highest BCUT2D eigenvalue weighted by Gasteiger charge is 2.06. The molecule has 0 fully saturated rings. The number of benzene rings is 2. The predicted molar refractivity (Wildman–Crippen MR) is 66.9 cm³/mol. The van der Waals surface area contributed by atoms with Crippen molar-refractivity contribution in [2.75, 3.05) is 0 Å². The first-order valence-corrected chi connectivity index (χ1v) is 5.67. The summed E-state index contributed by atoms with van der Waals surface area (Å²) in [4.78, 5) is 11.8. The van der Waals surface area contributed by atoms with Crippen molar-refractivity contribution in [1.82, 2.24) is 0 Å². The zero-order valence-electron chi connectivity index (χ0n) is 9.77. The SMILES string of the molecule is O=C(Cc1ccc(F)cc1)Cc1cccc(O)c1. The van der Waals surface area contributed by atoms with Gasteiger partial charge in [-0.1, -0.05) is 24.3 Å². The molecule has 0 amide bonds. The predicted octanol–water partition coefficient (Wildman–Crippen LogP) is 2.89. The summed E-state index contributed by atoms with van der Waals surface area (Å²) in [5, 5.41) is 9.29. The van der Waals surface area contributed by atoms with Crippen molar-refractivity contribution in [3.8, 4) is 5.75 Å². The van der Waals surface area contributed by atoms with Crippen molar-refractivity contribution in [2.24, 2.45) is 0 Å². The molecular formula is C15H13FO2. The van der Waals surface area contributed by atoms with Gasteiger partial charge in [0.1, 0.15) is 17.3 Å². The third kappa shape index (κ3) is 3.42. The van der Waals surface area contributed by atoms with Crippen LogP contribution in [0.25, 0.3) is 0 Å². The number of Topliss-reactive ketones (excluding diaryl/α,β-unsaturated/α-hetero) is 1. The van der Waals surface area contributed by atoms with E-state index in [1.807, 2.05) is 0 Å². The molecule has 0 spiro atoms. The second kappa shape index (κ2) is 5.45. The van der Waals surface area contributed by atoms with Crippen LogP contribution in [0.1, 0.15) is 11.1 Å². The minimum absolute atomic E-state index is 0.0345. The summed E-state index contributed by atoms with van der Waals surface area (Å²) in [5.41, 5.74) is 1.57. The second-order valence-electron chi connectivity index (χ2n) is 4.19. The molecule has 0 atom stereocenters. The summed E-state index contributed by atoms with van der Waals surface area (Å²) < 4.78 is 12.7. The lowest BCUT2D eigenvalue weighted by Gasteiger charge is -2.02. The molecule has 92 valence electrons. The Kier molecular flexibility index (Phi) is 3.72. The molecule has 0 aromatic heterocycles. The van der Waals surface area contributed by atoms with Gasteiger partial charge in [-0.3, -0.25) is 4.79 Å². The van der Waals surface area contributed by atoms with Crippen molar-refractivity contribution in [3.63, 3.8) is 0 Å². The van der Waals surface area contributed by atoms with E-state index in [0.717, 1.165) is 11.1 Å². The summed E-state index contributed by atoms with van der Waals surface area (Å²) in [7, 11) is 0. The Morgan fingerprint density at radius 2 is 1.67 bits per heavy atom. The number of halogens is 1. The Morgan fingerprint density at radius 3 is 2.33 bits per heavy atom. The van der Waals surface area contributed by atoms with Crippen molar-refractivity contribution >= 4 is 5.78 Å². The standard InChI is InChI=1S/C15H13FO2/c16-13-6-4-11(5-7-13)8-15(18)10-12-2-1-3-14(17)9-12/h1-7,9,17H,8,10H2. The molecule has 3 heteroatoms. The fraction of sp³-hybridized carbons (Fsp3) is 0.133. The highest BCUT2D eigenvalue weighted by molar-refractivity contribution is 5.83. The number of phenolic OH excluding ortho intramolecular Hbond substituents is 1. The van der Waals surface area contributed by atoms with Crippen molar-refractivity contribution in [3.05, 3.63) is 65.5 Å². The van der Waals surface area contributed by atoms with E-state index in [9.17, 15) is 14.3 Å². The molecule has 2 aromatic carbocycles. The molecule has 0 radical (unpaired) electrons. The van der Waals surface area contributed by atoms with Gasteiger partial charge in [0.15, 0.2) is 0 Å². The van der Waals surface area contributed by atoms with Crippen LogP contribution >= 0.6 is 0 Å². The number of carbonyl (C=O) groups is 1. The van der Waals surface area contributed by atoms with E-state index in [1.54, 1.807) is 36.4 Å². The molecule has 0 aliphatic rings. The molecule has 2 aromatic rings. The van der Waals surface area contributed by atoms with Crippen LogP contribution in [0.3, 0.4) is 0 Å². The van der Waals surface area contributed by atoms with Crippen LogP contribution < -0.4 is 0 Å². The first-order valence-electron chi connectivity index (χ1n) is 5.67. The first-order chi connectivity index (χ1) is 8.63. The van der Waals surface area contributed by atoms with Crippen molar-refractivity contribution in [1.29, 1.82) is 0 Å². The van der Waals surface area contributed by atoms with Gasteiger partial charge >= 0.3 is 0 Å². The lowest BCUT2D eigenvalue weighted by molar-refractivity contribution is -0.117. The number of ketones is 1. The Balaban J connectivity index is 1.98. The minimum Gasteiger partial charge on any atom is -0.508 e. The van der Waals surface area contributed by atoms with Gasteiger partial charge in [0.05, 0.1) is 0 Å². The molecular weight excluding hydrogens is 231 g/mol. The number of phenols is 1. The Hall–Kier alpha value is -2.16. The normalized spacial score (nSPS) is 10.3. The lowest BCUT2D eigenvalue weighted by Crippen LogP contribution is -2.06. The molecule has 2 nitrogen and oxygen atoms in total. The maximum Gasteiger partial charge on any atom is 0.141 e. The average molecular weight is 244 g/mol. The van der Waals surface area contributed by atoms with E-state index in [4.69, 9.17) is 0 Å². The smallest absolute Gasteiger partial charge is 0.141 e. The average Bonchev–Trinajstić information content (AvgIpc) is 2.32. The van der Waals surface area contributed by atoms with Crippen LogP contribution in [0.4, 0.5) is 4.39 Å². The molecule has 0 aliphatic carbocycles. The third-order valence-electron chi connectivity index (χ3n) is 2.63. The zero-order valence-corrected chi connectivity index (χ0v) is 9.77. The highest BCUT2D eigenvalue weighted by Crippen LogP contribution is 2.12. The lowest BCUT2D eigenvalue weighted by atomic mass is 10.0. The van der Waals surface area contributed by atoms with Gasteiger partial charge in [-0.25, -0.2) is 4.39 Å². The summed E-state index contributed by atoms with van der Waals surface area (Å²) in [6.07, 6.45) is 0.543. The maximum absolute atomic E-state index is 12.7. The maximum atomic E-state index is 12.7. The van der Waals surface area contributed by atoms with E-state index in [2.05, 4.69) is 0 Å². The fourth-order valence-corrected chi connectivity index (χ4v) is 1.79. The van der Waals surface area contributed by atoms with E-state index in [0.29, 0.717) is 0 Å². The monoisotopic (exact) mass is 244 g/mol. The van der Waals surface area contributed by atoms with Crippen molar-refractivity contribution in [2.45, 2.75) is 12.8 Å². The van der Waals surface area contributed by atoms with Crippen LogP contribution in [0, 0.1) is 5.82 Å². The first kappa shape index (κ1) is 12.3. The Bertz CT molecular complexity index is 547. The number of aromatic hydroxyl groups is 1. The van der Waals surface area contributed by atoms with Crippen LogP contribution in [-0.2, 0) is 17.6 Å². The zero-order chi connectivity index (χ0) is 13.0. The largest absolute Gasteiger partial charge is 0.508 e. The van der Waals surface area contributed by atoms with Gasteiger partial charge in [-0.2, -0.15) is 0 Å². The van der Waals surface area contributed by atoms with Gasteiger partial charge < -0.3 is 5.11 Å². The van der Waals surface area contributed by atoms with E-state index < -0.39 is 0 Å². The second-order valence-corrected chi connectivity index (χ2v) is 4.19. The molecule has 0 heterocycles. The van der Waals surface area contributed by atoms with Crippen LogP contribution in [-0.4, -0.2) is 10.9 Å². The Morgan fingerprint density at radius 1 is 1.00 bits per heavy atom. The van der Waals surface area contributed by atoms with Crippen LogP contribution in [0.15, 0.2) is 48.5 Å². The van der Waals surface area contributed by atoms with E-state index in [1.165, 1.54) is 12.1 Å². The molecule has 0 bridgehead atoms. The van der Waals surface area contributed by atoms with Gasteiger partial charge in [0, 0.05) is 12.8 Å². The Labute approximate surface area is 105 Å². The molecule has 0 aliphatic heterocycles. The number of hydrogen-bond acceptors (Lipinski definition) is 2. The topological polar surface area (TPSA) is 37.3 Å². The quantitative estimate of drug-likeness (QED) is 0.897. The molecule has 0 unspecified atom stereocenters.